The van der Waals surface area contributed by atoms with Crippen molar-refractivity contribution in [3.8, 4) is 5.75 Å². The van der Waals surface area contributed by atoms with Gasteiger partial charge in [0.25, 0.3) is 11.1 Å². The molecule has 0 saturated carbocycles. The lowest BCUT2D eigenvalue weighted by molar-refractivity contribution is 0.218. The number of nitrogens with zero attached hydrogens (tertiary/aromatic N) is 4. The molecule has 1 aliphatic rings. The number of benzene rings is 4. The van der Waals surface area contributed by atoms with E-state index in [1.807, 2.05) is 60.7 Å². The van der Waals surface area contributed by atoms with E-state index in [4.69, 9.17) is 4.74 Å². The zero-order valence-corrected chi connectivity index (χ0v) is 27.2. The van der Waals surface area contributed by atoms with Gasteiger partial charge in [0.05, 0.1) is 24.1 Å². The van der Waals surface area contributed by atoms with Crippen molar-refractivity contribution in [3.63, 3.8) is 0 Å². The van der Waals surface area contributed by atoms with Gasteiger partial charge in [-0.05, 0) is 66.2 Å². The summed E-state index contributed by atoms with van der Waals surface area (Å²) in [4.78, 5) is 36.8. The van der Waals surface area contributed by atoms with Gasteiger partial charge < -0.3 is 9.64 Å². The Morgan fingerprint density at radius 1 is 0.771 bits per heavy atom. The number of anilines is 1. The number of hydrogen-bond acceptors (Lipinski definition) is 8. The van der Waals surface area contributed by atoms with E-state index >= 15 is 0 Å². The van der Waals surface area contributed by atoms with Gasteiger partial charge in [0.15, 0.2) is 0 Å². The minimum Gasteiger partial charge on any atom is -0.497 e. The molecule has 1 N–H and O–H groups in total. The smallest absolute Gasteiger partial charge is 0.261 e. The van der Waals surface area contributed by atoms with Crippen LogP contribution in [0.5, 0.6) is 5.75 Å². The van der Waals surface area contributed by atoms with Crippen LogP contribution >= 0.6 is 0 Å². The minimum atomic E-state index is -4.17. The van der Waals surface area contributed by atoms with Gasteiger partial charge in [-0.25, -0.2) is 13.1 Å². The first-order valence-electron chi connectivity index (χ1n) is 15.8. The third kappa shape index (κ3) is 6.15. The third-order valence-electron chi connectivity index (χ3n) is 9.12. The van der Waals surface area contributed by atoms with E-state index in [0.717, 1.165) is 11.4 Å². The van der Waals surface area contributed by atoms with E-state index in [1.165, 1.54) is 4.57 Å². The second kappa shape index (κ2) is 13.2. The lowest BCUT2D eigenvalue weighted by atomic mass is 9.98. The molecule has 0 spiro atoms. The van der Waals surface area contributed by atoms with Crippen LogP contribution in [0.25, 0.3) is 21.5 Å². The molecule has 0 aliphatic carbocycles. The van der Waals surface area contributed by atoms with E-state index in [1.54, 1.807) is 62.0 Å². The quantitative estimate of drug-likeness (QED) is 0.234. The van der Waals surface area contributed by atoms with E-state index < -0.39 is 33.2 Å². The molecule has 2 bridgehead atoms. The van der Waals surface area contributed by atoms with Crippen molar-refractivity contribution in [2.75, 3.05) is 44.7 Å². The Morgan fingerprint density at radius 2 is 1.44 bits per heavy atom. The number of methoxy groups -OCH3 is 1. The van der Waals surface area contributed by atoms with E-state index in [2.05, 4.69) is 19.5 Å². The Kier molecular flexibility index (Phi) is 8.65. The van der Waals surface area contributed by atoms with Crippen LogP contribution in [0.4, 0.5) is 5.69 Å². The summed E-state index contributed by atoms with van der Waals surface area (Å²) in [7, 11) is -2.53. The number of pyridine rings is 1. The van der Waals surface area contributed by atoms with Crippen molar-refractivity contribution >= 4 is 37.3 Å². The largest absolute Gasteiger partial charge is 0.497 e. The topological polar surface area (TPSA) is 114 Å². The highest BCUT2D eigenvalue weighted by molar-refractivity contribution is 7.89. The SMILES string of the molecule is COc1ccc(N2CCN(CC(NS(=O)(=O)c3cccc4cnccc34)C(c3ccccc3)n3c(=O)c4ccc(cc4)c3=O)CC2)cc1. The van der Waals surface area contributed by atoms with Crippen LogP contribution in [-0.4, -0.2) is 68.7 Å². The van der Waals surface area contributed by atoms with Gasteiger partial charge in [-0.2, -0.15) is 0 Å². The highest BCUT2D eigenvalue weighted by Gasteiger charge is 2.34. The van der Waals surface area contributed by atoms with Gasteiger partial charge in [-0.1, -0.05) is 42.5 Å². The maximum absolute atomic E-state index is 14.4. The Hall–Kier alpha value is -5.10. The van der Waals surface area contributed by atoms with Crippen LogP contribution in [0.1, 0.15) is 11.6 Å². The first-order chi connectivity index (χ1) is 23.3. The summed E-state index contributed by atoms with van der Waals surface area (Å²) in [6.07, 6.45) is 3.19. The van der Waals surface area contributed by atoms with Crippen molar-refractivity contribution in [1.29, 1.82) is 0 Å². The minimum absolute atomic E-state index is 0.101. The standard InChI is InChI=1S/C37H35N5O5S/c1-47-31-16-14-30(15-17-31)41-22-20-40(21-23-41)25-33(39-48(45,46)34-9-5-8-29-24-38-19-18-32(29)34)35(26-6-3-2-4-7-26)42-36(43)27-10-11-28(13-12-27)37(42)44/h2-19,24,33,35,39H,20-23,25H2,1H3. The monoisotopic (exact) mass is 661 g/mol. The second-order valence-corrected chi connectivity index (χ2v) is 13.7. The number of sulfonamides is 1. The third-order valence-corrected chi connectivity index (χ3v) is 10.7. The summed E-state index contributed by atoms with van der Waals surface area (Å²) in [6, 6.07) is 28.6. The van der Waals surface area contributed by atoms with E-state index in [0.29, 0.717) is 53.3 Å². The van der Waals surface area contributed by atoms with Crippen molar-refractivity contribution in [2.24, 2.45) is 0 Å². The number of hydrogen-bond donors (Lipinski definition) is 1. The van der Waals surface area contributed by atoms with Crippen molar-refractivity contribution in [3.05, 3.63) is 142 Å². The summed E-state index contributed by atoms with van der Waals surface area (Å²) in [5.74, 6) is 0.787. The molecule has 244 valence electrons. The molecule has 48 heavy (non-hydrogen) atoms. The number of ether oxygens (including phenoxy) is 1. The fourth-order valence-corrected chi connectivity index (χ4v) is 8.10. The number of nitrogens with one attached hydrogen (secondary N) is 1. The van der Waals surface area contributed by atoms with Gasteiger partial charge in [0.1, 0.15) is 5.75 Å². The molecule has 1 saturated heterocycles. The predicted octanol–water partition coefficient (Wildman–Crippen LogP) is 4.12. The first-order valence-corrected chi connectivity index (χ1v) is 17.3. The molecule has 7 aromatic rings. The Bertz CT molecular complexity index is 2200. The Labute approximate surface area is 278 Å². The molecule has 3 aromatic heterocycles. The van der Waals surface area contributed by atoms with Crippen LogP contribution < -0.4 is 25.5 Å². The summed E-state index contributed by atoms with van der Waals surface area (Å²) in [5.41, 5.74) is 0.774. The molecule has 4 heterocycles. The van der Waals surface area contributed by atoms with Gasteiger partial charge in [-0.3, -0.25) is 24.0 Å². The van der Waals surface area contributed by atoms with Crippen LogP contribution in [0.15, 0.2) is 130 Å². The molecular weight excluding hydrogens is 627 g/mol. The average Bonchev–Trinajstić information content (AvgIpc) is 3.31. The lowest BCUT2D eigenvalue weighted by Crippen LogP contribution is -2.55. The zero-order chi connectivity index (χ0) is 33.3. The summed E-state index contributed by atoms with van der Waals surface area (Å²) < 4.78 is 38.3. The predicted molar refractivity (Wildman–Crippen MR) is 188 cm³/mol. The molecule has 2 atom stereocenters. The molecule has 11 heteroatoms. The molecule has 2 unspecified atom stereocenters. The molecule has 10 nitrogen and oxygen atoms in total. The number of aromatic nitrogens is 2. The number of rotatable bonds is 10. The van der Waals surface area contributed by atoms with Crippen LogP contribution in [0, 0.1) is 0 Å². The average molecular weight is 662 g/mol. The maximum Gasteiger partial charge on any atom is 0.261 e. The van der Waals surface area contributed by atoms with Gasteiger partial charge in [-0.15, -0.1) is 0 Å². The molecule has 1 aliphatic heterocycles. The lowest BCUT2D eigenvalue weighted by Gasteiger charge is -2.39. The van der Waals surface area contributed by atoms with Gasteiger partial charge in [0, 0.05) is 72.3 Å². The highest BCUT2D eigenvalue weighted by Crippen LogP contribution is 2.27. The molecule has 0 radical (unpaired) electrons. The van der Waals surface area contributed by atoms with Gasteiger partial charge >= 0.3 is 0 Å². The van der Waals surface area contributed by atoms with Crippen molar-refractivity contribution in [2.45, 2.75) is 17.0 Å². The van der Waals surface area contributed by atoms with E-state index in [-0.39, 0.29) is 11.4 Å². The van der Waals surface area contributed by atoms with Crippen molar-refractivity contribution < 1.29 is 13.2 Å². The number of piperazine rings is 1. The Morgan fingerprint density at radius 3 is 2.08 bits per heavy atom. The molecular formula is C37H35N5O5S. The highest BCUT2D eigenvalue weighted by atomic mass is 32.2. The zero-order valence-electron chi connectivity index (χ0n) is 26.4. The first kappa shape index (κ1) is 31.5. The van der Waals surface area contributed by atoms with Crippen molar-refractivity contribution in [1.82, 2.24) is 19.2 Å². The molecule has 0 amide bonds. The fraction of sp³-hybridized carbons (Fsp3) is 0.216. The summed E-state index contributed by atoms with van der Waals surface area (Å²) >= 11 is 0. The molecule has 4 aromatic carbocycles. The summed E-state index contributed by atoms with van der Waals surface area (Å²) in [6.45, 7) is 2.97. The van der Waals surface area contributed by atoms with Crippen LogP contribution in [-0.2, 0) is 10.0 Å². The maximum atomic E-state index is 14.4. The molecule has 8 rings (SSSR count). The normalized spacial score (nSPS) is 15.5. The molecule has 1 fully saturated rings. The number of fused-ring (bicyclic) bond motifs is 5. The van der Waals surface area contributed by atoms with Crippen LogP contribution in [0.2, 0.25) is 0 Å². The van der Waals surface area contributed by atoms with Crippen LogP contribution in [0.3, 0.4) is 0 Å². The Balaban J connectivity index is 1.30. The van der Waals surface area contributed by atoms with Gasteiger partial charge in [0.2, 0.25) is 10.0 Å². The van der Waals surface area contributed by atoms with E-state index in [9.17, 15) is 18.0 Å². The fourth-order valence-electron chi connectivity index (χ4n) is 6.64. The second-order valence-electron chi connectivity index (χ2n) is 12.0. The summed E-state index contributed by atoms with van der Waals surface area (Å²) in [5, 5.41) is 1.94.